The lowest BCUT2D eigenvalue weighted by Crippen LogP contribution is -2.26. The number of nitrogens with two attached hydrogens (primary N) is 1. The zero-order valence-electron chi connectivity index (χ0n) is 18.9. The highest BCUT2D eigenvalue weighted by Gasteiger charge is 2.15. The number of rotatable bonds is 4. The molecule has 1 heteroatoms. The Hall–Kier alpha value is -0.560. The Morgan fingerprint density at radius 1 is 1.00 bits per heavy atom. The number of hydrogen-bond donors (Lipinski definition) is 1. The van der Waals surface area contributed by atoms with E-state index in [1.807, 2.05) is 47.6 Å². The van der Waals surface area contributed by atoms with Gasteiger partial charge in [0.25, 0.3) is 0 Å². The Balaban J connectivity index is -0.000000127. The van der Waals surface area contributed by atoms with Crippen LogP contribution in [0.4, 0.5) is 0 Å². The van der Waals surface area contributed by atoms with Crippen LogP contribution in [0, 0.1) is 11.8 Å². The van der Waals surface area contributed by atoms with Gasteiger partial charge in [-0.25, -0.2) is 0 Å². The van der Waals surface area contributed by atoms with Crippen LogP contribution in [0.3, 0.4) is 0 Å². The molecule has 1 aliphatic rings. The summed E-state index contributed by atoms with van der Waals surface area (Å²) in [6.07, 6.45) is 11.9. The quantitative estimate of drug-likeness (QED) is 0.513. The van der Waals surface area contributed by atoms with Crippen LogP contribution in [0.25, 0.3) is 0 Å². The van der Waals surface area contributed by atoms with Crippen molar-refractivity contribution >= 4 is 0 Å². The molecule has 0 aliphatic heterocycles. The monoisotopic (exact) mass is 341 g/mol. The van der Waals surface area contributed by atoms with Crippen molar-refractivity contribution in [1.29, 1.82) is 0 Å². The molecule has 2 N–H and O–H groups in total. The van der Waals surface area contributed by atoms with Crippen LogP contribution in [-0.2, 0) is 0 Å². The van der Waals surface area contributed by atoms with Gasteiger partial charge in [0.05, 0.1) is 0 Å². The SMILES string of the molecule is C=C/C(=C\C)C(C)CC.CC.CC.CC.CCC1CCC(N)CC1. The molecule has 0 spiro atoms. The van der Waals surface area contributed by atoms with E-state index in [9.17, 15) is 0 Å². The Bertz CT molecular complexity index is 234. The minimum atomic E-state index is 0.521. The summed E-state index contributed by atoms with van der Waals surface area (Å²) >= 11 is 0. The van der Waals surface area contributed by atoms with E-state index in [4.69, 9.17) is 5.73 Å². The molecule has 1 rings (SSSR count). The largest absolute Gasteiger partial charge is 0.328 e. The van der Waals surface area contributed by atoms with Crippen molar-refractivity contribution in [2.45, 2.75) is 114 Å². The van der Waals surface area contributed by atoms with Gasteiger partial charge in [-0.2, -0.15) is 0 Å². The van der Waals surface area contributed by atoms with Crippen LogP contribution in [0.2, 0.25) is 0 Å². The average Bonchev–Trinajstić information content (AvgIpc) is 2.68. The van der Waals surface area contributed by atoms with Gasteiger partial charge < -0.3 is 5.73 Å². The number of allylic oxidation sites excluding steroid dienone is 3. The molecular weight excluding hydrogens is 290 g/mol. The van der Waals surface area contributed by atoms with E-state index in [-0.39, 0.29) is 0 Å². The van der Waals surface area contributed by atoms with E-state index in [1.165, 1.54) is 44.1 Å². The first kappa shape index (κ1) is 31.2. The first-order chi connectivity index (χ1) is 11.6. The van der Waals surface area contributed by atoms with Gasteiger partial charge in [0, 0.05) is 6.04 Å². The molecule has 1 aliphatic carbocycles. The zero-order valence-corrected chi connectivity index (χ0v) is 18.9. The summed E-state index contributed by atoms with van der Waals surface area (Å²) in [7, 11) is 0. The molecule has 24 heavy (non-hydrogen) atoms. The topological polar surface area (TPSA) is 26.0 Å². The molecule has 1 fully saturated rings. The third-order valence-corrected chi connectivity index (χ3v) is 4.22. The molecule has 1 nitrogen and oxygen atoms in total. The molecule has 0 aromatic rings. The van der Waals surface area contributed by atoms with Gasteiger partial charge in [-0.3, -0.25) is 0 Å². The van der Waals surface area contributed by atoms with Gasteiger partial charge in [-0.05, 0) is 50.9 Å². The van der Waals surface area contributed by atoms with Gasteiger partial charge in [0.2, 0.25) is 0 Å². The van der Waals surface area contributed by atoms with Crippen molar-refractivity contribution in [3.8, 4) is 0 Å². The van der Waals surface area contributed by atoms with Gasteiger partial charge in [0.1, 0.15) is 0 Å². The maximum Gasteiger partial charge on any atom is 0.00390 e. The summed E-state index contributed by atoms with van der Waals surface area (Å²) in [6.45, 7) is 24.5. The average molecular weight is 342 g/mol. The van der Waals surface area contributed by atoms with E-state index in [0.29, 0.717) is 12.0 Å². The van der Waals surface area contributed by atoms with Crippen LogP contribution < -0.4 is 5.73 Å². The molecule has 0 amide bonds. The van der Waals surface area contributed by atoms with Crippen LogP contribution in [-0.4, -0.2) is 6.04 Å². The van der Waals surface area contributed by atoms with Crippen LogP contribution in [0.1, 0.15) is 108 Å². The maximum absolute atomic E-state index is 5.75. The summed E-state index contributed by atoms with van der Waals surface area (Å²) in [5.74, 6) is 1.66. The molecule has 0 saturated heterocycles. The molecule has 0 aromatic carbocycles. The molecule has 148 valence electrons. The molecule has 0 heterocycles. The van der Waals surface area contributed by atoms with Crippen molar-refractivity contribution in [2.75, 3.05) is 0 Å². The highest BCUT2D eigenvalue weighted by Crippen LogP contribution is 2.24. The Morgan fingerprint density at radius 2 is 1.42 bits per heavy atom. The number of hydrogen-bond acceptors (Lipinski definition) is 1. The minimum absolute atomic E-state index is 0.521. The maximum atomic E-state index is 5.75. The smallest absolute Gasteiger partial charge is 0.00390 e. The molecular formula is C23H51N. The lowest BCUT2D eigenvalue weighted by molar-refractivity contribution is 0.319. The molecule has 1 atom stereocenters. The third kappa shape index (κ3) is 19.5. The van der Waals surface area contributed by atoms with Crippen LogP contribution in [0.5, 0.6) is 0 Å². The second-order valence-electron chi connectivity index (χ2n) is 5.49. The first-order valence-electron chi connectivity index (χ1n) is 10.6. The summed E-state index contributed by atoms with van der Waals surface area (Å²) in [5.41, 5.74) is 7.11. The van der Waals surface area contributed by atoms with E-state index in [1.54, 1.807) is 0 Å². The lowest BCUT2D eigenvalue weighted by atomic mass is 9.85. The van der Waals surface area contributed by atoms with Gasteiger partial charge in [-0.1, -0.05) is 93.0 Å². The van der Waals surface area contributed by atoms with Crippen LogP contribution >= 0.6 is 0 Å². The zero-order chi connectivity index (χ0) is 20.0. The van der Waals surface area contributed by atoms with Crippen molar-refractivity contribution in [1.82, 2.24) is 0 Å². The molecule has 1 unspecified atom stereocenters. The fraction of sp³-hybridized carbons (Fsp3) is 0.826. The third-order valence-electron chi connectivity index (χ3n) is 4.22. The Labute approximate surface area is 156 Å². The Kier molecular flexibility index (Phi) is 35.5. The van der Waals surface area contributed by atoms with Crippen molar-refractivity contribution in [2.24, 2.45) is 17.6 Å². The van der Waals surface area contributed by atoms with Gasteiger partial charge >= 0.3 is 0 Å². The molecule has 1 saturated carbocycles. The lowest BCUT2D eigenvalue weighted by Gasteiger charge is -2.24. The highest BCUT2D eigenvalue weighted by molar-refractivity contribution is 5.17. The first-order valence-corrected chi connectivity index (χ1v) is 10.6. The fourth-order valence-corrected chi connectivity index (χ4v) is 2.44. The summed E-state index contributed by atoms with van der Waals surface area (Å²) < 4.78 is 0. The summed E-state index contributed by atoms with van der Waals surface area (Å²) in [5, 5.41) is 0. The molecule has 0 aromatic heterocycles. The Morgan fingerprint density at radius 3 is 1.62 bits per heavy atom. The standard InChI is InChI=1S/C9H16.C8H17N.3C2H6/c1-5-8(4)9(6-2)7-3;1-2-7-3-5-8(9)6-4-7;3*1-2/h6-8H,2,5H2,1,3-4H3;7-8H,2-6,9H2,1H3;3*1-2H3/b9-7+;;;;. The van der Waals surface area contributed by atoms with Gasteiger partial charge in [0.15, 0.2) is 0 Å². The predicted octanol–water partition coefficient (Wildman–Crippen LogP) is 8.16. The predicted molar refractivity (Wildman–Crippen MR) is 118 cm³/mol. The molecule has 0 bridgehead atoms. The van der Waals surface area contributed by atoms with Crippen molar-refractivity contribution < 1.29 is 0 Å². The van der Waals surface area contributed by atoms with Gasteiger partial charge in [-0.15, -0.1) is 0 Å². The fourth-order valence-electron chi connectivity index (χ4n) is 2.44. The second-order valence-corrected chi connectivity index (χ2v) is 5.49. The van der Waals surface area contributed by atoms with E-state index in [2.05, 4.69) is 40.3 Å². The highest BCUT2D eigenvalue weighted by atomic mass is 14.6. The van der Waals surface area contributed by atoms with E-state index >= 15 is 0 Å². The normalized spacial score (nSPS) is 20.2. The summed E-state index contributed by atoms with van der Waals surface area (Å²) in [6, 6.07) is 0.521. The minimum Gasteiger partial charge on any atom is -0.328 e. The van der Waals surface area contributed by atoms with Crippen LogP contribution in [0.15, 0.2) is 24.3 Å². The molecule has 0 radical (unpaired) electrons. The summed E-state index contributed by atoms with van der Waals surface area (Å²) in [4.78, 5) is 0. The second kappa shape index (κ2) is 27.3. The van der Waals surface area contributed by atoms with E-state index < -0.39 is 0 Å². The van der Waals surface area contributed by atoms with Crippen molar-refractivity contribution in [3.63, 3.8) is 0 Å². The van der Waals surface area contributed by atoms with Crippen molar-refractivity contribution in [3.05, 3.63) is 24.3 Å². The van der Waals surface area contributed by atoms with E-state index in [0.717, 1.165) is 5.92 Å².